The van der Waals surface area contributed by atoms with Gasteiger partial charge in [0.1, 0.15) is 10.7 Å². The fourth-order valence-electron chi connectivity index (χ4n) is 3.26. The van der Waals surface area contributed by atoms with Crippen LogP contribution in [0.25, 0.3) is 0 Å². The van der Waals surface area contributed by atoms with Gasteiger partial charge in [0.15, 0.2) is 5.60 Å². The average molecular weight is 357 g/mol. The molecule has 0 saturated carbocycles. The van der Waals surface area contributed by atoms with Crippen LogP contribution in [0.2, 0.25) is 0 Å². The SMILES string of the molecule is Cc1ncccc1NC(=O)C1=NO[C@@]2(CCN(Cc3nccs3)C2)C1. The second-order valence-corrected chi connectivity index (χ2v) is 7.45. The van der Waals surface area contributed by atoms with Crippen molar-refractivity contribution >= 4 is 28.6 Å². The largest absolute Gasteiger partial charge is 0.387 e. The molecule has 1 amide bonds. The van der Waals surface area contributed by atoms with Crippen LogP contribution < -0.4 is 5.32 Å². The molecule has 2 aromatic rings. The summed E-state index contributed by atoms with van der Waals surface area (Å²) in [4.78, 5) is 29.0. The lowest BCUT2D eigenvalue weighted by molar-refractivity contribution is -0.110. The highest BCUT2D eigenvalue weighted by atomic mass is 32.1. The van der Waals surface area contributed by atoms with Crippen LogP contribution in [0.3, 0.4) is 0 Å². The lowest BCUT2D eigenvalue weighted by Gasteiger charge is -2.21. The van der Waals surface area contributed by atoms with Gasteiger partial charge < -0.3 is 10.2 Å². The second-order valence-electron chi connectivity index (χ2n) is 6.47. The van der Waals surface area contributed by atoms with Crippen molar-refractivity contribution in [1.29, 1.82) is 0 Å². The van der Waals surface area contributed by atoms with E-state index < -0.39 is 0 Å². The van der Waals surface area contributed by atoms with Crippen molar-refractivity contribution in [1.82, 2.24) is 14.9 Å². The summed E-state index contributed by atoms with van der Waals surface area (Å²) in [7, 11) is 0. The number of anilines is 1. The molecule has 1 fully saturated rings. The van der Waals surface area contributed by atoms with Crippen molar-refractivity contribution < 1.29 is 9.63 Å². The van der Waals surface area contributed by atoms with Gasteiger partial charge >= 0.3 is 0 Å². The lowest BCUT2D eigenvalue weighted by Crippen LogP contribution is -2.35. The van der Waals surface area contributed by atoms with E-state index in [9.17, 15) is 4.79 Å². The monoisotopic (exact) mass is 357 g/mol. The Morgan fingerprint density at radius 2 is 2.36 bits per heavy atom. The predicted molar refractivity (Wildman–Crippen MR) is 95.5 cm³/mol. The number of rotatable bonds is 4. The Hall–Kier alpha value is -2.32. The number of aryl methyl sites for hydroxylation is 1. The van der Waals surface area contributed by atoms with Crippen LogP contribution in [0.1, 0.15) is 23.5 Å². The Labute approximate surface area is 149 Å². The maximum atomic E-state index is 12.5. The predicted octanol–water partition coefficient (Wildman–Crippen LogP) is 2.21. The highest BCUT2D eigenvalue weighted by molar-refractivity contribution is 7.09. The number of hydrogen-bond donors (Lipinski definition) is 1. The van der Waals surface area contributed by atoms with Gasteiger partial charge in [0, 0.05) is 43.7 Å². The molecule has 0 bridgehead atoms. The summed E-state index contributed by atoms with van der Waals surface area (Å²) >= 11 is 1.66. The summed E-state index contributed by atoms with van der Waals surface area (Å²) in [5, 5.41) is 10.0. The van der Waals surface area contributed by atoms with Crippen molar-refractivity contribution in [2.45, 2.75) is 31.9 Å². The molecular formula is C17H19N5O2S. The topological polar surface area (TPSA) is 79.7 Å². The first-order valence-electron chi connectivity index (χ1n) is 8.22. The van der Waals surface area contributed by atoms with Gasteiger partial charge in [-0.05, 0) is 19.1 Å². The molecule has 4 rings (SSSR count). The van der Waals surface area contributed by atoms with E-state index in [1.165, 1.54) is 0 Å². The fraction of sp³-hybridized carbons (Fsp3) is 0.412. The third-order valence-electron chi connectivity index (χ3n) is 4.59. The third-order valence-corrected chi connectivity index (χ3v) is 5.36. The van der Waals surface area contributed by atoms with E-state index in [-0.39, 0.29) is 11.5 Å². The van der Waals surface area contributed by atoms with E-state index in [0.717, 1.165) is 36.8 Å². The van der Waals surface area contributed by atoms with Gasteiger partial charge in [0.05, 0.1) is 17.9 Å². The Bertz CT molecular complexity index is 807. The van der Waals surface area contributed by atoms with Crippen LogP contribution in [0.15, 0.2) is 35.1 Å². The summed E-state index contributed by atoms with van der Waals surface area (Å²) in [5.41, 5.74) is 1.54. The number of nitrogens with zero attached hydrogens (tertiary/aromatic N) is 4. The molecule has 1 spiro atoms. The van der Waals surface area contributed by atoms with Crippen molar-refractivity contribution in [3.8, 4) is 0 Å². The van der Waals surface area contributed by atoms with E-state index in [4.69, 9.17) is 4.84 Å². The number of thiazole rings is 1. The minimum atomic E-state index is -0.381. The quantitative estimate of drug-likeness (QED) is 0.907. The van der Waals surface area contributed by atoms with Crippen molar-refractivity contribution in [2.75, 3.05) is 18.4 Å². The number of nitrogens with one attached hydrogen (secondary N) is 1. The highest BCUT2D eigenvalue weighted by Gasteiger charge is 2.46. The molecule has 7 nitrogen and oxygen atoms in total. The summed E-state index contributed by atoms with van der Waals surface area (Å²) in [6, 6.07) is 3.63. The Balaban J connectivity index is 1.36. The van der Waals surface area contributed by atoms with Gasteiger partial charge in [-0.1, -0.05) is 5.16 Å². The Kier molecular flexibility index (Phi) is 4.22. The molecule has 130 valence electrons. The summed E-state index contributed by atoms with van der Waals surface area (Å²) in [5.74, 6) is -0.216. The van der Waals surface area contributed by atoms with Gasteiger partial charge in [-0.15, -0.1) is 11.3 Å². The molecule has 25 heavy (non-hydrogen) atoms. The lowest BCUT2D eigenvalue weighted by atomic mass is 9.96. The number of carbonyl (C=O) groups is 1. The van der Waals surface area contributed by atoms with Crippen LogP contribution in [0, 0.1) is 6.92 Å². The molecule has 0 aliphatic carbocycles. The van der Waals surface area contributed by atoms with Gasteiger partial charge in [-0.3, -0.25) is 14.7 Å². The number of aromatic nitrogens is 2. The molecular weight excluding hydrogens is 338 g/mol. The molecule has 1 saturated heterocycles. The first-order chi connectivity index (χ1) is 12.1. The van der Waals surface area contributed by atoms with E-state index >= 15 is 0 Å². The number of likely N-dealkylation sites (tertiary alicyclic amines) is 1. The van der Waals surface area contributed by atoms with Crippen LogP contribution in [-0.4, -0.2) is 45.2 Å². The zero-order chi connectivity index (χ0) is 17.3. The van der Waals surface area contributed by atoms with E-state index in [2.05, 4.69) is 25.3 Å². The first kappa shape index (κ1) is 16.2. The van der Waals surface area contributed by atoms with Crippen LogP contribution in [0.5, 0.6) is 0 Å². The molecule has 2 aliphatic heterocycles. The molecule has 0 aromatic carbocycles. The van der Waals surface area contributed by atoms with E-state index in [1.807, 2.05) is 24.6 Å². The van der Waals surface area contributed by atoms with E-state index in [1.54, 1.807) is 23.6 Å². The van der Waals surface area contributed by atoms with E-state index in [0.29, 0.717) is 17.8 Å². The molecule has 4 heterocycles. The minimum absolute atomic E-state index is 0.216. The smallest absolute Gasteiger partial charge is 0.273 e. The summed E-state index contributed by atoms with van der Waals surface area (Å²) < 4.78 is 0. The van der Waals surface area contributed by atoms with Crippen molar-refractivity contribution in [3.63, 3.8) is 0 Å². The average Bonchev–Trinajstić information content (AvgIpc) is 3.33. The standard InChI is InChI=1S/C17H19N5O2S/c1-12-13(3-2-5-18-12)20-16(23)14-9-17(24-21-14)4-7-22(11-17)10-15-19-6-8-25-15/h2-3,5-6,8H,4,7,9-11H2,1H3,(H,20,23)/t17-/m0/s1. The molecule has 1 N–H and O–H groups in total. The van der Waals surface area contributed by atoms with Crippen LogP contribution in [0.4, 0.5) is 5.69 Å². The molecule has 8 heteroatoms. The molecule has 2 aliphatic rings. The maximum absolute atomic E-state index is 12.5. The van der Waals surface area contributed by atoms with Gasteiger partial charge in [-0.2, -0.15) is 0 Å². The summed E-state index contributed by atoms with van der Waals surface area (Å²) in [6.07, 6.45) is 4.92. The number of pyridine rings is 1. The number of hydrogen-bond acceptors (Lipinski definition) is 7. The number of amides is 1. The first-order valence-corrected chi connectivity index (χ1v) is 9.10. The number of oxime groups is 1. The van der Waals surface area contributed by atoms with Gasteiger partial charge in [0.25, 0.3) is 5.91 Å². The zero-order valence-corrected chi connectivity index (χ0v) is 14.8. The van der Waals surface area contributed by atoms with Crippen molar-refractivity contribution in [2.24, 2.45) is 5.16 Å². The number of carbonyl (C=O) groups excluding carboxylic acids is 1. The summed E-state index contributed by atoms with van der Waals surface area (Å²) in [6.45, 7) is 4.36. The highest BCUT2D eigenvalue weighted by Crippen LogP contribution is 2.34. The molecule has 1 atom stereocenters. The van der Waals surface area contributed by atoms with Gasteiger partial charge in [0.2, 0.25) is 0 Å². The van der Waals surface area contributed by atoms with Crippen LogP contribution >= 0.6 is 11.3 Å². The second kappa shape index (κ2) is 6.53. The van der Waals surface area contributed by atoms with Crippen LogP contribution in [-0.2, 0) is 16.2 Å². The fourth-order valence-corrected chi connectivity index (χ4v) is 3.92. The normalized spacial score (nSPS) is 22.8. The van der Waals surface area contributed by atoms with Crippen molar-refractivity contribution in [3.05, 3.63) is 40.6 Å². The Morgan fingerprint density at radius 1 is 1.44 bits per heavy atom. The third kappa shape index (κ3) is 3.40. The van der Waals surface area contributed by atoms with Gasteiger partial charge in [-0.25, -0.2) is 4.98 Å². The maximum Gasteiger partial charge on any atom is 0.273 e. The molecule has 0 unspecified atom stereocenters. The molecule has 0 radical (unpaired) electrons. The Morgan fingerprint density at radius 3 is 3.16 bits per heavy atom. The molecule has 2 aromatic heterocycles. The minimum Gasteiger partial charge on any atom is -0.387 e. The zero-order valence-electron chi connectivity index (χ0n) is 13.9.